The Labute approximate surface area is 118 Å². The van der Waals surface area contributed by atoms with Gasteiger partial charge in [0.1, 0.15) is 5.75 Å². The van der Waals surface area contributed by atoms with E-state index in [1.54, 1.807) is 24.3 Å². The summed E-state index contributed by atoms with van der Waals surface area (Å²) in [5, 5.41) is 0. The Morgan fingerprint density at radius 1 is 1.20 bits per heavy atom. The summed E-state index contributed by atoms with van der Waals surface area (Å²) in [4.78, 5) is 23.4. The summed E-state index contributed by atoms with van der Waals surface area (Å²) in [6.07, 6.45) is 0.984. The third kappa shape index (κ3) is 3.73. The molecule has 1 aromatic rings. The van der Waals surface area contributed by atoms with Crippen LogP contribution in [0.15, 0.2) is 24.3 Å². The van der Waals surface area contributed by atoms with Crippen LogP contribution in [0.1, 0.15) is 37.6 Å². The lowest BCUT2D eigenvalue weighted by atomic mass is 10.2. The van der Waals surface area contributed by atoms with E-state index in [1.807, 2.05) is 20.8 Å². The normalized spacial score (nSPS) is 20.4. The minimum atomic E-state index is -0.331. The molecule has 20 heavy (non-hydrogen) atoms. The van der Waals surface area contributed by atoms with Crippen molar-refractivity contribution < 1.29 is 14.3 Å². The highest BCUT2D eigenvalue weighted by Crippen LogP contribution is 2.37. The number of hydrogen-bond acceptors (Lipinski definition) is 3. The molecule has 0 radical (unpaired) electrons. The van der Waals surface area contributed by atoms with E-state index in [0.29, 0.717) is 17.2 Å². The predicted octanol–water partition coefficient (Wildman–Crippen LogP) is 1.89. The van der Waals surface area contributed by atoms with Gasteiger partial charge in [0, 0.05) is 11.5 Å². The lowest BCUT2D eigenvalue weighted by molar-refractivity contribution is -0.123. The van der Waals surface area contributed by atoms with E-state index in [-0.39, 0.29) is 23.8 Å². The van der Waals surface area contributed by atoms with Crippen LogP contribution in [0.25, 0.3) is 0 Å². The number of hydrogen-bond donors (Lipinski definition) is 2. The van der Waals surface area contributed by atoms with Gasteiger partial charge in [0.2, 0.25) is 5.91 Å². The number of rotatable bonds is 4. The molecule has 0 spiro atoms. The van der Waals surface area contributed by atoms with Gasteiger partial charge in [0.25, 0.3) is 5.91 Å². The Morgan fingerprint density at radius 3 is 2.30 bits per heavy atom. The van der Waals surface area contributed by atoms with E-state index in [2.05, 4.69) is 10.9 Å². The highest BCUT2D eigenvalue weighted by molar-refractivity contribution is 5.95. The molecule has 0 unspecified atom stereocenters. The summed E-state index contributed by atoms with van der Waals surface area (Å²) in [5.41, 5.74) is 5.35. The van der Waals surface area contributed by atoms with Crippen molar-refractivity contribution in [1.82, 2.24) is 10.9 Å². The number of hydrazine groups is 1. The van der Waals surface area contributed by atoms with Crippen LogP contribution in [0.5, 0.6) is 5.75 Å². The molecule has 1 aromatic carbocycles. The Bertz CT molecular complexity index is 496. The van der Waals surface area contributed by atoms with Crippen LogP contribution in [0.3, 0.4) is 0 Å². The Hall–Kier alpha value is -2.04. The first-order chi connectivity index (χ1) is 9.47. The standard InChI is InChI=1S/C15H20N2O3/c1-9(2)20-12-6-4-11(5-7-12)14(18)16-17-15(19)13-8-10(13)3/h4-7,9-10,13H,8H2,1-3H3,(H,16,18)(H,17,19)/t10-,13-/m0/s1. The van der Waals surface area contributed by atoms with Gasteiger partial charge in [0.05, 0.1) is 6.10 Å². The van der Waals surface area contributed by atoms with Gasteiger partial charge in [0.15, 0.2) is 0 Å². The molecule has 5 heteroatoms. The van der Waals surface area contributed by atoms with E-state index in [4.69, 9.17) is 4.74 Å². The molecule has 1 saturated carbocycles. The minimum Gasteiger partial charge on any atom is -0.491 e. The molecule has 0 aromatic heterocycles. The number of carbonyl (C=O) groups excluding carboxylic acids is 2. The van der Waals surface area contributed by atoms with Gasteiger partial charge in [-0.1, -0.05) is 6.92 Å². The zero-order chi connectivity index (χ0) is 14.7. The molecule has 2 amide bonds. The summed E-state index contributed by atoms with van der Waals surface area (Å²) in [5.74, 6) is 0.720. The zero-order valence-corrected chi connectivity index (χ0v) is 12.0. The van der Waals surface area contributed by atoms with Crippen LogP contribution < -0.4 is 15.6 Å². The Morgan fingerprint density at radius 2 is 1.80 bits per heavy atom. The summed E-state index contributed by atoms with van der Waals surface area (Å²) in [7, 11) is 0. The molecule has 0 heterocycles. The summed E-state index contributed by atoms with van der Waals surface area (Å²) in [6, 6.07) is 6.80. The average molecular weight is 276 g/mol. The molecule has 1 aliphatic rings. The van der Waals surface area contributed by atoms with Gasteiger partial charge >= 0.3 is 0 Å². The third-order valence-electron chi connectivity index (χ3n) is 3.23. The van der Waals surface area contributed by atoms with Crippen molar-refractivity contribution in [3.05, 3.63) is 29.8 Å². The number of nitrogens with one attached hydrogen (secondary N) is 2. The summed E-state index contributed by atoms with van der Waals surface area (Å²) >= 11 is 0. The Balaban J connectivity index is 1.84. The van der Waals surface area contributed by atoms with Crippen LogP contribution in [0.2, 0.25) is 0 Å². The minimum absolute atomic E-state index is 0.0390. The average Bonchev–Trinajstić information content (AvgIpc) is 3.13. The maximum absolute atomic E-state index is 11.8. The molecule has 5 nitrogen and oxygen atoms in total. The zero-order valence-electron chi connectivity index (χ0n) is 12.0. The first kappa shape index (κ1) is 14.4. The lowest BCUT2D eigenvalue weighted by Crippen LogP contribution is -2.42. The Kier molecular flexibility index (Phi) is 4.27. The topological polar surface area (TPSA) is 67.4 Å². The van der Waals surface area contributed by atoms with E-state index in [9.17, 15) is 9.59 Å². The SMILES string of the molecule is CC(C)Oc1ccc(C(=O)NNC(=O)[C@H]2C[C@@H]2C)cc1. The molecule has 2 rings (SSSR count). The highest BCUT2D eigenvalue weighted by Gasteiger charge is 2.39. The van der Waals surface area contributed by atoms with Crippen molar-refractivity contribution in [2.45, 2.75) is 33.3 Å². The van der Waals surface area contributed by atoms with Crippen molar-refractivity contribution in [2.24, 2.45) is 11.8 Å². The van der Waals surface area contributed by atoms with Gasteiger partial charge in [-0.2, -0.15) is 0 Å². The monoisotopic (exact) mass is 276 g/mol. The van der Waals surface area contributed by atoms with E-state index < -0.39 is 0 Å². The molecular weight excluding hydrogens is 256 g/mol. The van der Waals surface area contributed by atoms with Crippen molar-refractivity contribution in [3.63, 3.8) is 0 Å². The first-order valence-corrected chi connectivity index (χ1v) is 6.84. The predicted molar refractivity (Wildman–Crippen MR) is 75.1 cm³/mol. The first-order valence-electron chi connectivity index (χ1n) is 6.84. The molecule has 2 atom stereocenters. The van der Waals surface area contributed by atoms with Crippen molar-refractivity contribution in [3.8, 4) is 5.75 Å². The fourth-order valence-electron chi connectivity index (χ4n) is 1.93. The molecular formula is C15H20N2O3. The van der Waals surface area contributed by atoms with Crippen molar-refractivity contribution in [1.29, 1.82) is 0 Å². The maximum Gasteiger partial charge on any atom is 0.269 e. The number of carbonyl (C=O) groups is 2. The number of benzene rings is 1. The second-order valence-corrected chi connectivity index (χ2v) is 5.45. The number of amides is 2. The molecule has 0 bridgehead atoms. The largest absolute Gasteiger partial charge is 0.491 e. The van der Waals surface area contributed by atoms with Crippen LogP contribution in [-0.4, -0.2) is 17.9 Å². The van der Waals surface area contributed by atoms with Gasteiger partial charge in [-0.15, -0.1) is 0 Å². The fraction of sp³-hybridized carbons (Fsp3) is 0.467. The molecule has 2 N–H and O–H groups in total. The summed E-state index contributed by atoms with van der Waals surface area (Å²) in [6.45, 7) is 5.89. The quantitative estimate of drug-likeness (QED) is 0.825. The molecule has 1 fully saturated rings. The second-order valence-electron chi connectivity index (χ2n) is 5.45. The van der Waals surface area contributed by atoms with Gasteiger partial charge in [-0.3, -0.25) is 20.4 Å². The fourth-order valence-corrected chi connectivity index (χ4v) is 1.93. The summed E-state index contributed by atoms with van der Waals surface area (Å²) < 4.78 is 5.50. The lowest BCUT2D eigenvalue weighted by Gasteiger charge is -2.10. The molecule has 108 valence electrons. The van der Waals surface area contributed by atoms with Crippen molar-refractivity contribution in [2.75, 3.05) is 0 Å². The van der Waals surface area contributed by atoms with Crippen molar-refractivity contribution >= 4 is 11.8 Å². The van der Waals surface area contributed by atoms with Crippen LogP contribution >= 0.6 is 0 Å². The van der Waals surface area contributed by atoms with Gasteiger partial charge < -0.3 is 4.74 Å². The second kappa shape index (κ2) is 5.94. The van der Waals surface area contributed by atoms with E-state index in [0.717, 1.165) is 6.42 Å². The van der Waals surface area contributed by atoms with Gasteiger partial charge in [-0.25, -0.2) is 0 Å². The van der Waals surface area contributed by atoms with Crippen LogP contribution in [-0.2, 0) is 4.79 Å². The van der Waals surface area contributed by atoms with Crippen LogP contribution in [0, 0.1) is 11.8 Å². The van der Waals surface area contributed by atoms with Crippen LogP contribution in [0.4, 0.5) is 0 Å². The maximum atomic E-state index is 11.8. The molecule has 0 saturated heterocycles. The van der Waals surface area contributed by atoms with E-state index in [1.165, 1.54) is 0 Å². The third-order valence-corrected chi connectivity index (χ3v) is 3.23. The molecule has 1 aliphatic carbocycles. The highest BCUT2D eigenvalue weighted by atomic mass is 16.5. The number of ether oxygens (including phenoxy) is 1. The van der Waals surface area contributed by atoms with E-state index >= 15 is 0 Å². The molecule has 0 aliphatic heterocycles. The smallest absolute Gasteiger partial charge is 0.269 e. The van der Waals surface area contributed by atoms with Gasteiger partial charge in [-0.05, 0) is 50.5 Å².